The molecule has 0 saturated carbocycles. The van der Waals surface area contributed by atoms with Gasteiger partial charge in [0.25, 0.3) is 11.5 Å². The average Bonchev–Trinajstić information content (AvgIpc) is 3.05. The molecular formula is C22H15N3O5. The Morgan fingerprint density at radius 1 is 0.967 bits per heavy atom. The number of para-hydroxylation sites is 1. The predicted molar refractivity (Wildman–Crippen MR) is 109 cm³/mol. The lowest BCUT2D eigenvalue weighted by atomic mass is 9.94. The number of rotatable bonds is 4. The summed E-state index contributed by atoms with van der Waals surface area (Å²) < 4.78 is 0. The van der Waals surface area contributed by atoms with Crippen LogP contribution in [0.15, 0.2) is 84.6 Å². The Hall–Kier alpha value is -4.33. The molecule has 0 aliphatic carbocycles. The van der Waals surface area contributed by atoms with Crippen molar-refractivity contribution in [2.45, 2.75) is 6.04 Å². The topological polar surface area (TPSA) is 114 Å². The molecule has 8 nitrogen and oxygen atoms in total. The van der Waals surface area contributed by atoms with Crippen molar-refractivity contribution in [2.75, 3.05) is 4.90 Å². The molecule has 4 rings (SSSR count). The normalized spacial score (nSPS) is 17.9. The molecule has 2 heterocycles. The molecule has 1 aliphatic rings. The predicted octanol–water partition coefficient (Wildman–Crippen LogP) is 3.62. The monoisotopic (exact) mass is 401 g/mol. The number of nitro groups is 1. The number of carbonyl (C=O) groups excluding carboxylic acids is 2. The number of nitrogens with zero attached hydrogens (tertiary/aromatic N) is 3. The Morgan fingerprint density at radius 2 is 1.63 bits per heavy atom. The van der Waals surface area contributed by atoms with E-state index in [1.54, 1.807) is 48.5 Å². The molecule has 1 N–H and O–H groups in total. The average molecular weight is 401 g/mol. The van der Waals surface area contributed by atoms with Crippen LogP contribution in [-0.4, -0.2) is 26.7 Å². The zero-order chi connectivity index (χ0) is 21.3. The lowest BCUT2D eigenvalue weighted by molar-refractivity contribution is -0.385. The van der Waals surface area contributed by atoms with E-state index in [-0.39, 0.29) is 22.6 Å². The molecule has 1 atom stereocenters. The summed E-state index contributed by atoms with van der Waals surface area (Å²) in [4.78, 5) is 42.2. The molecule has 0 radical (unpaired) electrons. The van der Waals surface area contributed by atoms with Gasteiger partial charge in [-0.15, -0.1) is 0 Å². The third-order valence-electron chi connectivity index (χ3n) is 4.82. The van der Waals surface area contributed by atoms with Gasteiger partial charge in [0, 0.05) is 17.8 Å². The third kappa shape index (κ3) is 3.10. The van der Waals surface area contributed by atoms with Gasteiger partial charge in [0.05, 0.1) is 16.1 Å². The molecule has 1 unspecified atom stereocenters. The van der Waals surface area contributed by atoms with E-state index in [2.05, 4.69) is 4.98 Å². The lowest BCUT2D eigenvalue weighted by Crippen LogP contribution is -2.30. The number of aromatic nitrogens is 1. The molecule has 8 heteroatoms. The summed E-state index contributed by atoms with van der Waals surface area (Å²) in [6.07, 6.45) is 1.45. The fourth-order valence-electron chi connectivity index (χ4n) is 3.50. The van der Waals surface area contributed by atoms with Gasteiger partial charge in [-0.05, 0) is 18.2 Å². The van der Waals surface area contributed by atoms with Crippen molar-refractivity contribution in [3.8, 4) is 0 Å². The number of hydrogen-bond donors (Lipinski definition) is 1. The highest BCUT2D eigenvalue weighted by atomic mass is 16.6. The van der Waals surface area contributed by atoms with E-state index in [0.29, 0.717) is 5.56 Å². The van der Waals surface area contributed by atoms with Crippen LogP contribution in [0, 0.1) is 10.1 Å². The number of benzene rings is 2. The Bertz CT molecular complexity index is 1180. The summed E-state index contributed by atoms with van der Waals surface area (Å²) >= 11 is 0. The Labute approximate surface area is 170 Å². The highest BCUT2D eigenvalue weighted by molar-refractivity contribution is 6.51. The van der Waals surface area contributed by atoms with Gasteiger partial charge in [0.15, 0.2) is 0 Å². The van der Waals surface area contributed by atoms with Crippen LogP contribution in [0.1, 0.15) is 17.2 Å². The second kappa shape index (κ2) is 7.59. The number of amides is 1. The minimum Gasteiger partial charge on any atom is -0.507 e. The molecule has 1 aromatic heterocycles. The van der Waals surface area contributed by atoms with E-state index in [1.165, 1.54) is 30.5 Å². The Morgan fingerprint density at radius 3 is 2.30 bits per heavy atom. The standard InChI is InChI=1S/C22H15N3O5/c26-20(14-8-2-1-3-9-14)18-19(15-10-4-5-11-16(15)25(29)30)24(22(28)21(18)27)17-12-6-7-13-23-17/h1-13,19,26H. The maximum absolute atomic E-state index is 13.0. The van der Waals surface area contributed by atoms with Gasteiger partial charge in [0.2, 0.25) is 0 Å². The molecule has 2 aromatic carbocycles. The molecule has 148 valence electrons. The van der Waals surface area contributed by atoms with E-state index in [0.717, 1.165) is 4.90 Å². The van der Waals surface area contributed by atoms with Gasteiger partial charge >= 0.3 is 5.91 Å². The molecular weight excluding hydrogens is 386 g/mol. The van der Waals surface area contributed by atoms with Crippen molar-refractivity contribution in [1.82, 2.24) is 4.98 Å². The van der Waals surface area contributed by atoms with Gasteiger partial charge in [-0.25, -0.2) is 4.98 Å². The second-order valence-corrected chi connectivity index (χ2v) is 6.54. The number of carbonyl (C=O) groups is 2. The summed E-state index contributed by atoms with van der Waals surface area (Å²) in [6.45, 7) is 0. The van der Waals surface area contributed by atoms with Gasteiger partial charge in [-0.3, -0.25) is 24.6 Å². The van der Waals surface area contributed by atoms with Crippen LogP contribution in [0.2, 0.25) is 0 Å². The summed E-state index contributed by atoms with van der Waals surface area (Å²) in [6, 6.07) is 17.7. The Balaban J connectivity index is 2.02. The number of pyridine rings is 1. The smallest absolute Gasteiger partial charge is 0.301 e. The quantitative estimate of drug-likeness (QED) is 0.235. The van der Waals surface area contributed by atoms with Gasteiger partial charge < -0.3 is 5.11 Å². The minimum atomic E-state index is -1.21. The van der Waals surface area contributed by atoms with Crippen molar-refractivity contribution in [3.63, 3.8) is 0 Å². The fourth-order valence-corrected chi connectivity index (χ4v) is 3.50. The maximum atomic E-state index is 13.0. The molecule has 30 heavy (non-hydrogen) atoms. The van der Waals surface area contributed by atoms with Crippen LogP contribution in [-0.2, 0) is 9.59 Å². The van der Waals surface area contributed by atoms with Crippen molar-refractivity contribution in [2.24, 2.45) is 0 Å². The van der Waals surface area contributed by atoms with Crippen molar-refractivity contribution >= 4 is 29.0 Å². The van der Waals surface area contributed by atoms with Crippen LogP contribution in [0.3, 0.4) is 0 Å². The number of aliphatic hydroxyl groups excluding tert-OH is 1. The first-order valence-electron chi connectivity index (χ1n) is 9.01. The zero-order valence-electron chi connectivity index (χ0n) is 15.5. The summed E-state index contributed by atoms with van der Waals surface area (Å²) in [5.74, 6) is -2.12. The fraction of sp³-hybridized carbons (Fsp3) is 0.0455. The van der Waals surface area contributed by atoms with E-state index in [4.69, 9.17) is 0 Å². The van der Waals surface area contributed by atoms with Crippen molar-refractivity contribution in [3.05, 3.63) is 106 Å². The van der Waals surface area contributed by atoms with E-state index in [1.807, 2.05) is 0 Å². The van der Waals surface area contributed by atoms with E-state index < -0.39 is 28.4 Å². The number of aliphatic hydroxyl groups is 1. The molecule has 1 aliphatic heterocycles. The Kier molecular flexibility index (Phi) is 4.81. The van der Waals surface area contributed by atoms with Gasteiger partial charge in [-0.2, -0.15) is 0 Å². The van der Waals surface area contributed by atoms with Crippen molar-refractivity contribution < 1.29 is 19.6 Å². The molecule has 0 bridgehead atoms. The first kappa shape index (κ1) is 19.0. The molecule has 1 amide bonds. The van der Waals surface area contributed by atoms with Gasteiger partial charge in [-0.1, -0.05) is 48.5 Å². The van der Waals surface area contributed by atoms with Crippen LogP contribution in [0.5, 0.6) is 0 Å². The van der Waals surface area contributed by atoms with E-state index >= 15 is 0 Å². The van der Waals surface area contributed by atoms with Gasteiger partial charge in [0.1, 0.15) is 17.6 Å². The first-order valence-corrected chi connectivity index (χ1v) is 9.01. The molecule has 3 aromatic rings. The van der Waals surface area contributed by atoms with Crippen LogP contribution in [0.25, 0.3) is 5.76 Å². The summed E-state index contributed by atoms with van der Waals surface area (Å²) in [5.41, 5.74) is -0.0830. The number of hydrogen-bond acceptors (Lipinski definition) is 6. The molecule has 0 spiro atoms. The number of anilines is 1. The van der Waals surface area contributed by atoms with Crippen LogP contribution < -0.4 is 4.90 Å². The number of Topliss-reactive ketones (excluding diaryl/α,β-unsaturated/α-hetero) is 1. The van der Waals surface area contributed by atoms with Crippen LogP contribution >= 0.6 is 0 Å². The zero-order valence-corrected chi connectivity index (χ0v) is 15.5. The lowest BCUT2D eigenvalue weighted by Gasteiger charge is -2.24. The molecule has 1 saturated heterocycles. The largest absolute Gasteiger partial charge is 0.507 e. The van der Waals surface area contributed by atoms with Crippen LogP contribution in [0.4, 0.5) is 11.5 Å². The number of nitro benzene ring substituents is 1. The highest BCUT2D eigenvalue weighted by Gasteiger charge is 2.49. The van der Waals surface area contributed by atoms with Crippen molar-refractivity contribution in [1.29, 1.82) is 0 Å². The number of ketones is 1. The third-order valence-corrected chi connectivity index (χ3v) is 4.82. The SMILES string of the molecule is O=C1C(=O)N(c2ccccn2)C(c2ccccc2[N+](=O)[O-])C1=C(O)c1ccccc1. The first-order chi connectivity index (χ1) is 14.5. The molecule has 1 fully saturated rings. The minimum absolute atomic E-state index is 0.102. The van der Waals surface area contributed by atoms with E-state index in [9.17, 15) is 24.8 Å². The highest BCUT2D eigenvalue weighted by Crippen LogP contribution is 2.44. The maximum Gasteiger partial charge on any atom is 0.301 e. The summed E-state index contributed by atoms with van der Waals surface area (Å²) in [7, 11) is 0. The summed E-state index contributed by atoms with van der Waals surface area (Å²) in [5, 5.41) is 22.6. The second-order valence-electron chi connectivity index (χ2n) is 6.54.